The van der Waals surface area contributed by atoms with Crippen LogP contribution in [-0.4, -0.2) is 46.4 Å². The number of ether oxygens (including phenoxy) is 2. The van der Waals surface area contributed by atoms with E-state index in [-0.39, 0.29) is 16.3 Å². The minimum atomic E-state index is -4.04. The second-order valence-corrected chi connectivity index (χ2v) is 7.32. The lowest BCUT2D eigenvalue weighted by Crippen LogP contribution is -2.35. The first-order chi connectivity index (χ1) is 12.3. The van der Waals surface area contributed by atoms with Crippen LogP contribution in [0.3, 0.4) is 0 Å². The van der Waals surface area contributed by atoms with Crippen molar-refractivity contribution in [3.05, 3.63) is 48.3 Å². The second kappa shape index (κ2) is 8.15. The molecular formula is C17H19FN2O5S. The summed E-state index contributed by atoms with van der Waals surface area (Å²) in [7, 11) is -0.0473. The maximum Gasteiger partial charge on any atom is 0.247 e. The molecule has 7 nitrogen and oxygen atoms in total. The molecule has 0 saturated carbocycles. The quantitative estimate of drug-likeness (QED) is 0.793. The number of benzene rings is 2. The average Bonchev–Trinajstić information content (AvgIpc) is 2.62. The highest BCUT2D eigenvalue weighted by molar-refractivity contribution is 7.89. The molecule has 9 heteroatoms. The molecule has 0 heterocycles. The third kappa shape index (κ3) is 4.30. The van der Waals surface area contributed by atoms with Gasteiger partial charge in [-0.2, -0.15) is 4.31 Å². The maximum absolute atomic E-state index is 13.6. The largest absolute Gasteiger partial charge is 0.497 e. The Bertz CT molecular complexity index is 902. The topological polar surface area (TPSA) is 84.9 Å². The van der Waals surface area contributed by atoms with Crippen molar-refractivity contribution in [2.45, 2.75) is 4.90 Å². The first-order valence-electron chi connectivity index (χ1n) is 7.52. The molecule has 140 valence electrons. The third-order valence-electron chi connectivity index (χ3n) is 3.57. The van der Waals surface area contributed by atoms with E-state index in [4.69, 9.17) is 9.47 Å². The summed E-state index contributed by atoms with van der Waals surface area (Å²) in [5.41, 5.74) is -0.0257. The number of nitrogens with zero attached hydrogens (tertiary/aromatic N) is 1. The summed E-state index contributed by atoms with van der Waals surface area (Å²) in [5.74, 6) is -0.843. The van der Waals surface area contributed by atoms with Crippen molar-refractivity contribution in [3.8, 4) is 11.5 Å². The van der Waals surface area contributed by atoms with Crippen LogP contribution >= 0.6 is 0 Å². The van der Waals surface area contributed by atoms with Crippen LogP contribution in [0.25, 0.3) is 0 Å². The fraction of sp³-hybridized carbons (Fsp3) is 0.235. The van der Waals surface area contributed by atoms with Gasteiger partial charge < -0.3 is 14.8 Å². The van der Waals surface area contributed by atoms with E-state index in [9.17, 15) is 17.6 Å². The van der Waals surface area contributed by atoms with E-state index in [0.717, 1.165) is 4.31 Å². The van der Waals surface area contributed by atoms with Crippen LogP contribution in [0.1, 0.15) is 0 Å². The first-order valence-corrected chi connectivity index (χ1v) is 8.96. The first kappa shape index (κ1) is 19.7. The van der Waals surface area contributed by atoms with E-state index < -0.39 is 28.3 Å². The highest BCUT2D eigenvalue weighted by Gasteiger charge is 2.27. The van der Waals surface area contributed by atoms with Crippen molar-refractivity contribution < 1.29 is 27.1 Å². The lowest BCUT2D eigenvalue weighted by atomic mass is 10.3. The molecule has 0 atom stereocenters. The van der Waals surface area contributed by atoms with E-state index in [2.05, 4.69) is 5.32 Å². The molecule has 0 unspecified atom stereocenters. The predicted molar refractivity (Wildman–Crippen MR) is 94.4 cm³/mol. The molecule has 0 fully saturated rings. The van der Waals surface area contributed by atoms with Gasteiger partial charge in [-0.25, -0.2) is 12.8 Å². The van der Waals surface area contributed by atoms with Gasteiger partial charge in [-0.05, 0) is 24.3 Å². The van der Waals surface area contributed by atoms with Crippen molar-refractivity contribution in [2.75, 3.05) is 33.1 Å². The molecule has 2 aromatic rings. The predicted octanol–water partition coefficient (Wildman–Crippen LogP) is 2.10. The molecule has 0 aliphatic heterocycles. The van der Waals surface area contributed by atoms with Crippen LogP contribution in [0.5, 0.6) is 11.5 Å². The van der Waals surface area contributed by atoms with E-state index >= 15 is 0 Å². The number of hydrogen-bond acceptors (Lipinski definition) is 5. The molecule has 1 amide bonds. The zero-order valence-electron chi connectivity index (χ0n) is 14.5. The Morgan fingerprint density at radius 1 is 1.15 bits per heavy atom. The van der Waals surface area contributed by atoms with Gasteiger partial charge in [0.05, 0.1) is 26.5 Å². The Hall–Kier alpha value is -2.65. The van der Waals surface area contributed by atoms with Gasteiger partial charge in [0, 0.05) is 13.1 Å². The number of carbonyl (C=O) groups is 1. The van der Waals surface area contributed by atoms with E-state index in [1.54, 1.807) is 12.1 Å². The number of hydrogen-bond donors (Lipinski definition) is 1. The number of halogens is 1. The minimum absolute atomic E-state index is 0.0257. The van der Waals surface area contributed by atoms with E-state index in [1.165, 1.54) is 51.6 Å². The number of likely N-dealkylation sites (N-methyl/N-ethyl adjacent to an activating group) is 1. The summed E-state index contributed by atoms with van der Waals surface area (Å²) in [6.45, 7) is -0.503. The smallest absolute Gasteiger partial charge is 0.247 e. The van der Waals surface area contributed by atoms with Gasteiger partial charge in [0.15, 0.2) is 0 Å². The Morgan fingerprint density at radius 3 is 2.46 bits per heavy atom. The number of amides is 1. The number of rotatable bonds is 7. The van der Waals surface area contributed by atoms with Crippen molar-refractivity contribution >= 4 is 21.6 Å². The highest BCUT2D eigenvalue weighted by atomic mass is 32.2. The summed E-state index contributed by atoms with van der Waals surface area (Å²) >= 11 is 0. The van der Waals surface area contributed by atoms with E-state index in [1.807, 2.05) is 0 Å². The average molecular weight is 382 g/mol. The second-order valence-electron chi connectivity index (χ2n) is 5.31. The number of nitrogens with one attached hydrogen (secondary N) is 1. The zero-order valence-corrected chi connectivity index (χ0v) is 15.3. The Labute approximate surface area is 151 Å². The molecule has 0 aliphatic rings. The number of carbonyl (C=O) groups excluding carboxylic acids is 1. The molecule has 2 aromatic carbocycles. The summed E-state index contributed by atoms with van der Waals surface area (Å²) in [6.07, 6.45) is 0. The summed E-state index contributed by atoms with van der Waals surface area (Å²) in [6, 6.07) is 9.93. The number of para-hydroxylation sites is 1. The normalized spacial score (nSPS) is 11.3. The molecule has 0 saturated heterocycles. The Morgan fingerprint density at radius 2 is 1.85 bits per heavy atom. The van der Waals surface area contributed by atoms with Gasteiger partial charge in [-0.1, -0.05) is 12.1 Å². The lowest BCUT2D eigenvalue weighted by molar-refractivity contribution is -0.116. The van der Waals surface area contributed by atoms with Crippen LogP contribution in [0.4, 0.5) is 10.1 Å². The fourth-order valence-corrected chi connectivity index (χ4v) is 3.49. The van der Waals surface area contributed by atoms with Crippen LogP contribution in [0.2, 0.25) is 0 Å². The molecule has 0 spiro atoms. The van der Waals surface area contributed by atoms with Gasteiger partial charge in [-0.15, -0.1) is 0 Å². The Balaban J connectivity index is 2.21. The Kier molecular flexibility index (Phi) is 6.17. The minimum Gasteiger partial charge on any atom is -0.497 e. The molecule has 0 radical (unpaired) electrons. The van der Waals surface area contributed by atoms with Crippen LogP contribution in [-0.2, 0) is 14.8 Å². The molecule has 26 heavy (non-hydrogen) atoms. The van der Waals surface area contributed by atoms with Crippen molar-refractivity contribution in [2.24, 2.45) is 0 Å². The molecule has 1 N–H and O–H groups in total. The van der Waals surface area contributed by atoms with Crippen LogP contribution < -0.4 is 14.8 Å². The molecule has 2 rings (SSSR count). The number of anilines is 1. The third-order valence-corrected chi connectivity index (χ3v) is 5.40. The number of sulfonamides is 1. The highest BCUT2D eigenvalue weighted by Crippen LogP contribution is 2.30. The van der Waals surface area contributed by atoms with E-state index in [0.29, 0.717) is 5.75 Å². The van der Waals surface area contributed by atoms with Crippen molar-refractivity contribution in [1.29, 1.82) is 0 Å². The van der Waals surface area contributed by atoms with Crippen molar-refractivity contribution in [3.63, 3.8) is 0 Å². The van der Waals surface area contributed by atoms with Gasteiger partial charge in [0.25, 0.3) is 0 Å². The summed E-state index contributed by atoms with van der Waals surface area (Å²) < 4.78 is 50.1. The summed E-state index contributed by atoms with van der Waals surface area (Å²) in [5, 5.41) is 2.34. The van der Waals surface area contributed by atoms with Gasteiger partial charge in [0.2, 0.25) is 15.9 Å². The SMILES string of the molecule is COc1ccc(OC)c(S(=O)(=O)N(C)CC(=O)Nc2ccccc2F)c1. The maximum atomic E-state index is 13.6. The molecule has 0 aromatic heterocycles. The molecule has 0 bridgehead atoms. The van der Waals surface area contributed by atoms with Crippen molar-refractivity contribution in [1.82, 2.24) is 4.31 Å². The summed E-state index contributed by atoms with van der Waals surface area (Å²) in [4.78, 5) is 12.0. The van der Waals surface area contributed by atoms with Gasteiger partial charge in [-0.3, -0.25) is 4.79 Å². The zero-order chi connectivity index (χ0) is 19.3. The number of methoxy groups -OCH3 is 2. The van der Waals surface area contributed by atoms with Gasteiger partial charge in [0.1, 0.15) is 22.2 Å². The molecular weight excluding hydrogens is 363 g/mol. The van der Waals surface area contributed by atoms with Crippen LogP contribution in [0.15, 0.2) is 47.4 Å². The standard InChI is InChI=1S/C17H19FN2O5S/c1-20(11-17(21)19-14-7-5-4-6-13(14)18)26(22,23)16-10-12(24-2)8-9-15(16)25-3/h4-10H,11H2,1-3H3,(H,19,21). The monoisotopic (exact) mass is 382 g/mol. The lowest BCUT2D eigenvalue weighted by Gasteiger charge is -2.19. The molecule has 0 aliphatic carbocycles. The fourth-order valence-electron chi connectivity index (χ4n) is 2.19. The van der Waals surface area contributed by atoms with Gasteiger partial charge >= 0.3 is 0 Å². The van der Waals surface area contributed by atoms with Crippen LogP contribution in [0, 0.1) is 5.82 Å².